The molecule has 0 atom stereocenters. The molecular weight excluding hydrogens is 423 g/mol. The molecule has 0 aliphatic rings. The molecule has 1 amide bonds. The number of nitrogens with zero attached hydrogens (tertiary/aromatic N) is 1. The standard InChI is InChI=1S/C19H22Cl2N2O4S/c1-3-4-5-13-27-19(24)22-14-9-11-15(12-10-14)28(25,26)23(2)18-16(20)7-6-8-17(18)21/h6-12H,3-5,13H2,1-2H3,(H,22,24). The molecule has 0 saturated heterocycles. The summed E-state index contributed by atoms with van der Waals surface area (Å²) in [6.45, 7) is 2.41. The van der Waals surface area contributed by atoms with Gasteiger partial charge in [0, 0.05) is 12.7 Å². The molecule has 0 aliphatic carbocycles. The first-order valence-corrected chi connectivity index (χ1v) is 10.9. The van der Waals surface area contributed by atoms with Crippen molar-refractivity contribution >= 4 is 50.7 Å². The second-order valence-corrected chi connectivity index (χ2v) is 8.82. The molecule has 0 fully saturated rings. The highest BCUT2D eigenvalue weighted by molar-refractivity contribution is 7.92. The molecular formula is C19H22Cl2N2O4S. The van der Waals surface area contributed by atoms with Crippen molar-refractivity contribution in [3.63, 3.8) is 0 Å². The van der Waals surface area contributed by atoms with Crippen LogP contribution in [-0.4, -0.2) is 28.2 Å². The van der Waals surface area contributed by atoms with E-state index < -0.39 is 16.1 Å². The Kier molecular flexibility index (Phi) is 7.98. The Morgan fingerprint density at radius 2 is 1.68 bits per heavy atom. The van der Waals surface area contributed by atoms with Gasteiger partial charge in [0.25, 0.3) is 10.0 Å². The minimum atomic E-state index is -3.88. The second-order valence-electron chi connectivity index (χ2n) is 6.04. The van der Waals surface area contributed by atoms with E-state index in [1.807, 2.05) is 0 Å². The first-order chi connectivity index (χ1) is 13.3. The maximum Gasteiger partial charge on any atom is 0.411 e. The number of para-hydroxylation sites is 1. The van der Waals surface area contributed by atoms with Gasteiger partial charge >= 0.3 is 6.09 Å². The highest BCUT2D eigenvalue weighted by atomic mass is 35.5. The molecule has 0 radical (unpaired) electrons. The summed E-state index contributed by atoms with van der Waals surface area (Å²) < 4.78 is 31.8. The summed E-state index contributed by atoms with van der Waals surface area (Å²) in [5.74, 6) is 0. The number of hydrogen-bond donors (Lipinski definition) is 1. The summed E-state index contributed by atoms with van der Waals surface area (Å²) in [5.41, 5.74) is 0.626. The number of carbonyl (C=O) groups is 1. The number of nitrogens with one attached hydrogen (secondary N) is 1. The van der Waals surface area contributed by atoms with Gasteiger partial charge in [0.1, 0.15) is 0 Å². The van der Waals surface area contributed by atoms with Gasteiger partial charge in [-0.3, -0.25) is 9.62 Å². The van der Waals surface area contributed by atoms with E-state index in [0.29, 0.717) is 12.3 Å². The number of unbranched alkanes of at least 4 members (excludes halogenated alkanes) is 2. The van der Waals surface area contributed by atoms with Gasteiger partial charge < -0.3 is 4.74 Å². The highest BCUT2D eigenvalue weighted by Crippen LogP contribution is 2.35. The van der Waals surface area contributed by atoms with E-state index in [1.54, 1.807) is 18.2 Å². The molecule has 2 aromatic carbocycles. The maximum absolute atomic E-state index is 12.9. The summed E-state index contributed by atoms with van der Waals surface area (Å²) in [7, 11) is -2.51. The number of benzene rings is 2. The molecule has 0 spiro atoms. The maximum atomic E-state index is 12.9. The van der Waals surface area contributed by atoms with Crippen LogP contribution in [0.2, 0.25) is 10.0 Å². The van der Waals surface area contributed by atoms with E-state index in [9.17, 15) is 13.2 Å². The van der Waals surface area contributed by atoms with Gasteiger partial charge in [-0.05, 0) is 42.8 Å². The number of amides is 1. The lowest BCUT2D eigenvalue weighted by Gasteiger charge is -2.22. The smallest absolute Gasteiger partial charge is 0.411 e. The van der Waals surface area contributed by atoms with E-state index in [4.69, 9.17) is 27.9 Å². The largest absolute Gasteiger partial charge is 0.449 e. The van der Waals surface area contributed by atoms with E-state index in [1.165, 1.54) is 31.3 Å². The second kappa shape index (κ2) is 10.0. The van der Waals surface area contributed by atoms with Crippen LogP contribution in [0.5, 0.6) is 0 Å². The molecule has 1 N–H and O–H groups in total. The SMILES string of the molecule is CCCCCOC(=O)Nc1ccc(S(=O)(=O)N(C)c2c(Cl)cccc2Cl)cc1. The lowest BCUT2D eigenvalue weighted by atomic mass is 10.3. The number of ether oxygens (including phenoxy) is 1. The first kappa shape index (κ1) is 22.3. The number of hydrogen-bond acceptors (Lipinski definition) is 4. The average Bonchev–Trinajstić information content (AvgIpc) is 2.65. The van der Waals surface area contributed by atoms with Crippen LogP contribution < -0.4 is 9.62 Å². The van der Waals surface area contributed by atoms with Crippen LogP contribution in [0.25, 0.3) is 0 Å². The van der Waals surface area contributed by atoms with E-state index in [0.717, 1.165) is 23.6 Å². The van der Waals surface area contributed by atoms with Crippen LogP contribution >= 0.6 is 23.2 Å². The molecule has 0 saturated carbocycles. The van der Waals surface area contributed by atoms with E-state index >= 15 is 0 Å². The Hall–Kier alpha value is -1.96. The van der Waals surface area contributed by atoms with Gasteiger partial charge in [0.15, 0.2) is 0 Å². The van der Waals surface area contributed by atoms with Crippen LogP contribution in [0, 0.1) is 0 Å². The van der Waals surface area contributed by atoms with Crippen LogP contribution in [0.3, 0.4) is 0 Å². The van der Waals surface area contributed by atoms with Gasteiger partial charge in [-0.1, -0.05) is 49.0 Å². The number of anilines is 2. The van der Waals surface area contributed by atoms with Crippen molar-refractivity contribution in [3.8, 4) is 0 Å². The Morgan fingerprint density at radius 1 is 1.07 bits per heavy atom. The first-order valence-electron chi connectivity index (χ1n) is 8.74. The van der Waals surface area contributed by atoms with Crippen molar-refractivity contribution in [1.29, 1.82) is 0 Å². The van der Waals surface area contributed by atoms with Crippen LogP contribution in [0.1, 0.15) is 26.2 Å². The van der Waals surface area contributed by atoms with Crippen LogP contribution in [0.15, 0.2) is 47.4 Å². The van der Waals surface area contributed by atoms with Gasteiger partial charge in [0.05, 0.1) is 27.2 Å². The zero-order chi connectivity index (χ0) is 20.7. The molecule has 0 aliphatic heterocycles. The van der Waals surface area contributed by atoms with Crippen molar-refractivity contribution in [1.82, 2.24) is 0 Å². The zero-order valence-corrected chi connectivity index (χ0v) is 17.9. The third-order valence-corrected chi connectivity index (χ3v) is 6.37. The predicted molar refractivity (Wildman–Crippen MR) is 113 cm³/mol. The third kappa shape index (κ3) is 5.53. The molecule has 0 heterocycles. The molecule has 28 heavy (non-hydrogen) atoms. The molecule has 0 aromatic heterocycles. The number of carbonyl (C=O) groups excluding carboxylic acids is 1. The van der Waals surface area contributed by atoms with Gasteiger partial charge in [-0.25, -0.2) is 13.2 Å². The lowest BCUT2D eigenvalue weighted by molar-refractivity contribution is 0.159. The number of rotatable bonds is 8. The Labute approximate surface area is 175 Å². The summed E-state index contributed by atoms with van der Waals surface area (Å²) in [6, 6.07) is 10.5. The fourth-order valence-corrected chi connectivity index (χ4v) is 4.43. The van der Waals surface area contributed by atoms with Gasteiger partial charge in [-0.2, -0.15) is 0 Å². The Bertz CT molecular complexity index is 898. The lowest BCUT2D eigenvalue weighted by Crippen LogP contribution is -2.27. The van der Waals surface area contributed by atoms with Gasteiger partial charge in [-0.15, -0.1) is 0 Å². The highest BCUT2D eigenvalue weighted by Gasteiger charge is 2.25. The molecule has 0 bridgehead atoms. The third-order valence-electron chi connectivity index (χ3n) is 3.99. The van der Waals surface area contributed by atoms with Crippen molar-refractivity contribution in [2.75, 3.05) is 23.3 Å². The molecule has 2 rings (SSSR count). The molecule has 9 heteroatoms. The van der Waals surface area contributed by atoms with Crippen LogP contribution in [-0.2, 0) is 14.8 Å². The van der Waals surface area contributed by atoms with E-state index in [2.05, 4.69) is 12.2 Å². The summed E-state index contributed by atoms with van der Waals surface area (Å²) >= 11 is 12.2. The molecule has 2 aromatic rings. The Balaban J connectivity index is 2.10. The normalized spacial score (nSPS) is 11.1. The van der Waals surface area contributed by atoms with Crippen molar-refractivity contribution in [2.45, 2.75) is 31.1 Å². The Morgan fingerprint density at radius 3 is 2.25 bits per heavy atom. The molecule has 6 nitrogen and oxygen atoms in total. The average molecular weight is 445 g/mol. The fraction of sp³-hybridized carbons (Fsp3) is 0.316. The number of halogens is 2. The van der Waals surface area contributed by atoms with Crippen molar-refractivity contribution in [2.24, 2.45) is 0 Å². The van der Waals surface area contributed by atoms with Crippen molar-refractivity contribution in [3.05, 3.63) is 52.5 Å². The van der Waals surface area contributed by atoms with Crippen LogP contribution in [0.4, 0.5) is 16.2 Å². The molecule has 152 valence electrons. The summed E-state index contributed by atoms with van der Waals surface area (Å²) in [5, 5.41) is 3.01. The minimum Gasteiger partial charge on any atom is -0.449 e. The number of sulfonamides is 1. The monoisotopic (exact) mass is 444 g/mol. The van der Waals surface area contributed by atoms with Gasteiger partial charge in [0.2, 0.25) is 0 Å². The van der Waals surface area contributed by atoms with E-state index in [-0.39, 0.29) is 20.6 Å². The minimum absolute atomic E-state index is 0.0350. The topological polar surface area (TPSA) is 75.7 Å². The predicted octanol–water partition coefficient (Wildman–Crippen LogP) is 5.56. The molecule has 0 unspecified atom stereocenters. The quantitative estimate of drug-likeness (QED) is 0.540. The summed E-state index contributed by atoms with van der Waals surface area (Å²) in [6.07, 6.45) is 2.25. The van der Waals surface area contributed by atoms with Crippen molar-refractivity contribution < 1.29 is 17.9 Å². The fourth-order valence-electron chi connectivity index (χ4n) is 2.45. The zero-order valence-electron chi connectivity index (χ0n) is 15.6. The summed E-state index contributed by atoms with van der Waals surface area (Å²) in [4.78, 5) is 11.8.